The van der Waals surface area contributed by atoms with Gasteiger partial charge in [0.25, 0.3) is 0 Å². The Hall–Kier alpha value is -2.80. The molecule has 1 amide bonds. The lowest BCUT2D eigenvalue weighted by atomic mass is 9.86. The highest BCUT2D eigenvalue weighted by Gasteiger charge is 2.26. The van der Waals surface area contributed by atoms with Crippen molar-refractivity contribution in [1.82, 2.24) is 14.8 Å². The first-order valence-corrected chi connectivity index (χ1v) is 14.9. The van der Waals surface area contributed by atoms with E-state index in [2.05, 4.69) is 35.1 Å². The molecule has 0 aliphatic heterocycles. The summed E-state index contributed by atoms with van der Waals surface area (Å²) < 4.78 is 8.07. The number of amides is 1. The van der Waals surface area contributed by atoms with Crippen LogP contribution in [0.1, 0.15) is 65.7 Å². The van der Waals surface area contributed by atoms with E-state index < -0.39 is 0 Å². The van der Waals surface area contributed by atoms with Crippen LogP contribution < -0.4 is 10.1 Å². The SMILES string of the molecule is C=CCn1c(SCC(=O)Nc2sc3c(c2C#N)CCC(CC)C3)nnc1C(C)Oc1cc(C)c(Cl)c(C)c1. The molecule has 4 rings (SSSR count). The van der Waals surface area contributed by atoms with E-state index in [0.29, 0.717) is 39.8 Å². The van der Waals surface area contributed by atoms with E-state index >= 15 is 0 Å². The van der Waals surface area contributed by atoms with Gasteiger partial charge in [0.2, 0.25) is 5.91 Å². The van der Waals surface area contributed by atoms with Gasteiger partial charge in [-0.05, 0) is 74.8 Å². The Morgan fingerprint density at radius 3 is 2.82 bits per heavy atom. The van der Waals surface area contributed by atoms with E-state index in [1.165, 1.54) is 16.6 Å². The minimum Gasteiger partial charge on any atom is -0.483 e. The number of hydrogen-bond acceptors (Lipinski definition) is 7. The van der Waals surface area contributed by atoms with E-state index in [0.717, 1.165) is 47.4 Å². The van der Waals surface area contributed by atoms with Crippen molar-refractivity contribution in [2.24, 2.45) is 5.92 Å². The topological polar surface area (TPSA) is 92.8 Å². The van der Waals surface area contributed by atoms with Crippen LogP contribution in [0.3, 0.4) is 0 Å². The first-order valence-electron chi connectivity index (χ1n) is 12.7. The number of aromatic nitrogens is 3. The molecular weight excluding hydrogens is 538 g/mol. The van der Waals surface area contributed by atoms with Crippen LogP contribution in [0.2, 0.25) is 5.02 Å². The average molecular weight is 570 g/mol. The fourth-order valence-corrected chi connectivity index (χ4v) is 6.93. The van der Waals surface area contributed by atoms with Crippen LogP contribution in [0.5, 0.6) is 5.75 Å². The molecule has 3 aromatic rings. The molecule has 0 saturated carbocycles. The van der Waals surface area contributed by atoms with Crippen molar-refractivity contribution in [3.05, 3.63) is 62.8 Å². The van der Waals surface area contributed by atoms with Crippen molar-refractivity contribution in [1.29, 1.82) is 5.26 Å². The van der Waals surface area contributed by atoms with Gasteiger partial charge in [-0.25, -0.2) is 0 Å². The summed E-state index contributed by atoms with van der Waals surface area (Å²) in [4.78, 5) is 14.1. The van der Waals surface area contributed by atoms with Gasteiger partial charge < -0.3 is 10.1 Å². The number of hydrogen-bond donors (Lipinski definition) is 1. The van der Waals surface area contributed by atoms with Gasteiger partial charge in [-0.1, -0.05) is 42.8 Å². The molecule has 0 spiro atoms. The first-order chi connectivity index (χ1) is 18.2. The molecule has 0 saturated heterocycles. The molecular formula is C28H32ClN5O2S2. The number of ether oxygens (including phenoxy) is 1. The summed E-state index contributed by atoms with van der Waals surface area (Å²) in [6.07, 6.45) is 5.50. The van der Waals surface area contributed by atoms with Gasteiger partial charge in [0, 0.05) is 16.4 Å². The Morgan fingerprint density at radius 2 is 2.16 bits per heavy atom. The predicted molar refractivity (Wildman–Crippen MR) is 154 cm³/mol. The zero-order valence-electron chi connectivity index (χ0n) is 22.1. The van der Waals surface area contributed by atoms with Crippen LogP contribution in [0.4, 0.5) is 5.00 Å². The van der Waals surface area contributed by atoms with Gasteiger partial charge >= 0.3 is 0 Å². The molecule has 0 fully saturated rings. The van der Waals surface area contributed by atoms with Crippen molar-refractivity contribution in [3.8, 4) is 11.8 Å². The fraction of sp³-hybridized carbons (Fsp3) is 0.429. The maximum absolute atomic E-state index is 12.9. The number of nitriles is 1. The third-order valence-corrected chi connectivity index (χ3v) is 9.52. The summed E-state index contributed by atoms with van der Waals surface area (Å²) in [5.74, 6) is 1.96. The monoisotopic (exact) mass is 569 g/mol. The highest BCUT2D eigenvalue weighted by molar-refractivity contribution is 7.99. The lowest BCUT2D eigenvalue weighted by molar-refractivity contribution is -0.113. The van der Waals surface area contributed by atoms with E-state index in [9.17, 15) is 10.1 Å². The zero-order chi connectivity index (χ0) is 27.4. The molecule has 1 aromatic carbocycles. The maximum Gasteiger partial charge on any atom is 0.235 e. The lowest BCUT2D eigenvalue weighted by Crippen LogP contribution is -2.15. The van der Waals surface area contributed by atoms with Gasteiger partial charge in [0.05, 0.1) is 11.3 Å². The normalized spacial score (nSPS) is 15.4. The standard InChI is InChI=1S/C28H32ClN5O2S2/c1-6-10-34-26(18(5)36-20-11-16(3)25(29)17(4)12-20)32-33-28(34)37-15-24(35)31-27-22(14-30)21-9-8-19(7-2)13-23(21)38-27/h6,11-12,18-19H,1,7-10,13,15H2,2-5H3,(H,31,35). The Labute approximate surface area is 237 Å². The van der Waals surface area contributed by atoms with Crippen LogP contribution >= 0.6 is 34.7 Å². The van der Waals surface area contributed by atoms with Gasteiger partial charge in [0.1, 0.15) is 16.8 Å². The zero-order valence-corrected chi connectivity index (χ0v) is 24.5. The second-order valence-corrected chi connectivity index (χ2v) is 12.0. The van der Waals surface area contributed by atoms with Crippen molar-refractivity contribution in [2.45, 2.75) is 71.2 Å². The summed E-state index contributed by atoms with van der Waals surface area (Å²) in [5, 5.41) is 23.4. The number of fused-ring (bicyclic) bond motifs is 1. The van der Waals surface area contributed by atoms with Crippen LogP contribution in [-0.2, 0) is 24.2 Å². The average Bonchev–Trinajstić information content (AvgIpc) is 3.45. The second kappa shape index (κ2) is 12.4. The number of anilines is 1. The van der Waals surface area contributed by atoms with Crippen molar-refractivity contribution < 1.29 is 9.53 Å². The molecule has 38 heavy (non-hydrogen) atoms. The summed E-state index contributed by atoms with van der Waals surface area (Å²) in [5.41, 5.74) is 3.62. The second-order valence-electron chi connectivity index (χ2n) is 9.54. The number of thioether (sulfide) groups is 1. The highest BCUT2D eigenvalue weighted by Crippen LogP contribution is 2.40. The molecule has 0 radical (unpaired) electrons. The Balaban J connectivity index is 1.44. The molecule has 2 atom stereocenters. The summed E-state index contributed by atoms with van der Waals surface area (Å²) in [7, 11) is 0. The maximum atomic E-state index is 12.9. The quantitative estimate of drug-likeness (QED) is 0.208. The number of halogens is 1. The molecule has 0 bridgehead atoms. The van der Waals surface area contributed by atoms with Gasteiger partial charge in [-0.3, -0.25) is 9.36 Å². The van der Waals surface area contributed by atoms with Gasteiger partial charge in [-0.2, -0.15) is 5.26 Å². The van der Waals surface area contributed by atoms with Crippen molar-refractivity contribution in [3.63, 3.8) is 0 Å². The summed E-state index contributed by atoms with van der Waals surface area (Å²) in [6, 6.07) is 6.12. The molecule has 2 heterocycles. The number of aryl methyl sites for hydroxylation is 2. The molecule has 2 unspecified atom stereocenters. The number of rotatable bonds is 10. The molecule has 200 valence electrons. The number of nitrogens with zero attached hydrogens (tertiary/aromatic N) is 4. The highest BCUT2D eigenvalue weighted by atomic mass is 35.5. The molecule has 2 aromatic heterocycles. The molecule has 7 nitrogen and oxygen atoms in total. The number of benzene rings is 1. The third-order valence-electron chi connectivity index (χ3n) is 6.79. The molecule has 10 heteroatoms. The number of nitrogens with one attached hydrogen (secondary N) is 1. The number of carbonyl (C=O) groups is 1. The summed E-state index contributed by atoms with van der Waals surface area (Å²) >= 11 is 9.14. The van der Waals surface area contributed by atoms with Crippen LogP contribution in [0, 0.1) is 31.1 Å². The first kappa shape index (κ1) is 28.2. The molecule has 1 aliphatic carbocycles. The van der Waals surface area contributed by atoms with Gasteiger partial charge in [0.15, 0.2) is 17.1 Å². The predicted octanol–water partition coefficient (Wildman–Crippen LogP) is 7.05. The third kappa shape index (κ3) is 6.09. The van der Waals surface area contributed by atoms with Crippen LogP contribution in [0.15, 0.2) is 29.9 Å². The van der Waals surface area contributed by atoms with Crippen LogP contribution in [-0.4, -0.2) is 26.4 Å². The molecule has 1 N–H and O–H groups in total. The van der Waals surface area contributed by atoms with Gasteiger partial charge in [-0.15, -0.1) is 28.1 Å². The number of allylic oxidation sites excluding steroid dienone is 1. The summed E-state index contributed by atoms with van der Waals surface area (Å²) in [6.45, 7) is 12.3. The minimum absolute atomic E-state index is 0.144. The smallest absolute Gasteiger partial charge is 0.235 e. The number of thiophene rings is 1. The Bertz CT molecular complexity index is 1370. The Morgan fingerprint density at radius 1 is 1.42 bits per heavy atom. The van der Waals surface area contributed by atoms with Crippen molar-refractivity contribution in [2.75, 3.05) is 11.1 Å². The van der Waals surface area contributed by atoms with Crippen molar-refractivity contribution >= 4 is 45.6 Å². The fourth-order valence-electron chi connectivity index (χ4n) is 4.74. The van der Waals surface area contributed by atoms with E-state index in [1.807, 2.05) is 37.5 Å². The minimum atomic E-state index is -0.381. The lowest BCUT2D eigenvalue weighted by Gasteiger charge is -2.20. The Kier molecular flexibility index (Phi) is 9.19. The van der Waals surface area contributed by atoms with E-state index in [4.69, 9.17) is 16.3 Å². The number of carbonyl (C=O) groups excluding carboxylic acids is 1. The largest absolute Gasteiger partial charge is 0.483 e. The van der Waals surface area contributed by atoms with E-state index in [1.54, 1.807) is 17.4 Å². The molecule has 1 aliphatic rings. The van der Waals surface area contributed by atoms with Crippen LogP contribution in [0.25, 0.3) is 0 Å². The van der Waals surface area contributed by atoms with E-state index in [-0.39, 0.29) is 17.8 Å².